The van der Waals surface area contributed by atoms with Gasteiger partial charge in [-0.3, -0.25) is 0 Å². The van der Waals surface area contributed by atoms with Crippen molar-refractivity contribution in [3.05, 3.63) is 29.8 Å². The van der Waals surface area contributed by atoms with Gasteiger partial charge in [0.1, 0.15) is 12.4 Å². The minimum Gasteiger partial charge on any atom is -0.491 e. The predicted octanol–water partition coefficient (Wildman–Crippen LogP) is 2.21. The van der Waals surface area contributed by atoms with Crippen LogP contribution in [0.1, 0.15) is 19.4 Å². The minimum absolute atomic E-state index is 0.529. The molecule has 0 aliphatic carbocycles. The Labute approximate surface area is 115 Å². The predicted molar refractivity (Wildman–Crippen MR) is 76.3 cm³/mol. The molecule has 4 heteroatoms. The maximum Gasteiger partial charge on any atom is 0.119 e. The molecule has 1 rings (SSSR count). The number of benzene rings is 1. The molecule has 0 saturated carbocycles. The number of rotatable bonds is 10. The summed E-state index contributed by atoms with van der Waals surface area (Å²) in [6.45, 7) is 7.93. The molecule has 0 heterocycles. The van der Waals surface area contributed by atoms with Gasteiger partial charge in [0.05, 0.1) is 19.8 Å². The Morgan fingerprint density at radius 3 is 2.53 bits per heavy atom. The van der Waals surface area contributed by atoms with Crippen molar-refractivity contribution in [2.45, 2.75) is 20.4 Å². The van der Waals surface area contributed by atoms with Gasteiger partial charge in [0.15, 0.2) is 0 Å². The average Bonchev–Trinajstić information content (AvgIpc) is 2.41. The SMILES string of the molecule is CC(C)COCCOCCOc1cccc(CN)c1. The zero-order valence-corrected chi connectivity index (χ0v) is 11.9. The third-order valence-corrected chi connectivity index (χ3v) is 2.45. The molecule has 0 saturated heterocycles. The standard InChI is InChI=1S/C15H25NO3/c1-13(2)12-18-7-6-17-8-9-19-15-5-3-4-14(10-15)11-16/h3-5,10,13H,6-9,11-12,16H2,1-2H3. The maximum absolute atomic E-state index is 5.57. The average molecular weight is 267 g/mol. The molecule has 1 aromatic carbocycles. The molecule has 0 atom stereocenters. The molecule has 0 bridgehead atoms. The minimum atomic E-state index is 0.529. The van der Waals surface area contributed by atoms with Gasteiger partial charge < -0.3 is 19.9 Å². The molecule has 0 fully saturated rings. The second-order valence-corrected chi connectivity index (χ2v) is 4.78. The van der Waals surface area contributed by atoms with E-state index in [1.807, 2.05) is 24.3 Å². The largest absolute Gasteiger partial charge is 0.491 e. The van der Waals surface area contributed by atoms with Gasteiger partial charge in [-0.15, -0.1) is 0 Å². The van der Waals surface area contributed by atoms with Gasteiger partial charge in [-0.2, -0.15) is 0 Å². The number of hydrogen-bond acceptors (Lipinski definition) is 4. The van der Waals surface area contributed by atoms with Gasteiger partial charge in [-0.05, 0) is 23.6 Å². The fraction of sp³-hybridized carbons (Fsp3) is 0.600. The first-order valence-corrected chi connectivity index (χ1v) is 6.79. The molecule has 0 unspecified atom stereocenters. The molecular formula is C15H25NO3. The summed E-state index contributed by atoms with van der Waals surface area (Å²) < 4.78 is 16.4. The van der Waals surface area contributed by atoms with Crippen LogP contribution in [-0.4, -0.2) is 33.0 Å². The van der Waals surface area contributed by atoms with Crippen LogP contribution in [0.25, 0.3) is 0 Å². The van der Waals surface area contributed by atoms with Gasteiger partial charge in [-0.1, -0.05) is 26.0 Å². The van der Waals surface area contributed by atoms with Gasteiger partial charge in [-0.25, -0.2) is 0 Å². The van der Waals surface area contributed by atoms with E-state index in [4.69, 9.17) is 19.9 Å². The van der Waals surface area contributed by atoms with Crippen molar-refractivity contribution in [2.75, 3.05) is 33.0 Å². The van der Waals surface area contributed by atoms with E-state index in [0.29, 0.717) is 38.9 Å². The molecule has 0 aliphatic rings. The van der Waals surface area contributed by atoms with E-state index in [1.54, 1.807) is 0 Å². The quantitative estimate of drug-likeness (QED) is 0.660. The molecule has 1 aromatic rings. The lowest BCUT2D eigenvalue weighted by atomic mass is 10.2. The molecule has 0 aliphatic heterocycles. The van der Waals surface area contributed by atoms with E-state index in [9.17, 15) is 0 Å². The Kier molecular flexibility index (Phi) is 8.21. The highest BCUT2D eigenvalue weighted by atomic mass is 16.5. The van der Waals surface area contributed by atoms with Crippen molar-refractivity contribution < 1.29 is 14.2 Å². The van der Waals surface area contributed by atoms with Crippen LogP contribution in [0.3, 0.4) is 0 Å². The van der Waals surface area contributed by atoms with Crippen LogP contribution in [0.15, 0.2) is 24.3 Å². The van der Waals surface area contributed by atoms with E-state index in [0.717, 1.165) is 17.9 Å². The first kappa shape index (κ1) is 16.0. The van der Waals surface area contributed by atoms with E-state index in [2.05, 4.69) is 13.8 Å². The van der Waals surface area contributed by atoms with Crippen LogP contribution in [0.2, 0.25) is 0 Å². The smallest absolute Gasteiger partial charge is 0.119 e. The molecule has 0 aromatic heterocycles. The zero-order valence-electron chi connectivity index (χ0n) is 11.9. The Hall–Kier alpha value is -1.10. The van der Waals surface area contributed by atoms with E-state index >= 15 is 0 Å². The van der Waals surface area contributed by atoms with Crippen molar-refractivity contribution in [2.24, 2.45) is 11.7 Å². The summed E-state index contributed by atoms with van der Waals surface area (Å²) in [6.07, 6.45) is 0. The number of nitrogens with two attached hydrogens (primary N) is 1. The lowest BCUT2D eigenvalue weighted by molar-refractivity contribution is 0.0282. The molecule has 0 spiro atoms. The lowest BCUT2D eigenvalue weighted by Crippen LogP contribution is -2.12. The Balaban J connectivity index is 2.01. The Morgan fingerprint density at radius 1 is 1.05 bits per heavy atom. The fourth-order valence-corrected chi connectivity index (χ4v) is 1.52. The third kappa shape index (κ3) is 7.82. The summed E-state index contributed by atoms with van der Waals surface area (Å²) in [5, 5.41) is 0. The fourth-order valence-electron chi connectivity index (χ4n) is 1.52. The molecule has 19 heavy (non-hydrogen) atoms. The molecule has 0 amide bonds. The van der Waals surface area contributed by atoms with E-state index < -0.39 is 0 Å². The van der Waals surface area contributed by atoms with E-state index in [1.165, 1.54) is 0 Å². The topological polar surface area (TPSA) is 53.7 Å². The Morgan fingerprint density at radius 2 is 1.79 bits per heavy atom. The normalized spacial score (nSPS) is 10.9. The summed E-state index contributed by atoms with van der Waals surface area (Å²) in [7, 11) is 0. The van der Waals surface area contributed by atoms with Crippen LogP contribution in [-0.2, 0) is 16.0 Å². The van der Waals surface area contributed by atoms with Crippen LogP contribution >= 0.6 is 0 Å². The molecule has 4 nitrogen and oxygen atoms in total. The van der Waals surface area contributed by atoms with Crippen molar-refractivity contribution >= 4 is 0 Å². The van der Waals surface area contributed by atoms with Crippen LogP contribution in [0, 0.1) is 5.92 Å². The highest BCUT2D eigenvalue weighted by Crippen LogP contribution is 2.12. The summed E-state index contributed by atoms with van der Waals surface area (Å²) in [5.74, 6) is 1.40. The first-order valence-electron chi connectivity index (χ1n) is 6.79. The van der Waals surface area contributed by atoms with Gasteiger partial charge in [0.2, 0.25) is 0 Å². The molecule has 2 N–H and O–H groups in total. The second kappa shape index (κ2) is 9.78. The summed E-state index contributed by atoms with van der Waals surface area (Å²) >= 11 is 0. The highest BCUT2D eigenvalue weighted by Gasteiger charge is 1.97. The summed E-state index contributed by atoms with van der Waals surface area (Å²) in [4.78, 5) is 0. The van der Waals surface area contributed by atoms with Crippen LogP contribution < -0.4 is 10.5 Å². The van der Waals surface area contributed by atoms with Crippen molar-refractivity contribution in [1.29, 1.82) is 0 Å². The number of hydrogen-bond donors (Lipinski definition) is 1. The Bertz CT molecular complexity index is 342. The lowest BCUT2D eigenvalue weighted by Gasteiger charge is -2.09. The first-order chi connectivity index (χ1) is 9.22. The monoisotopic (exact) mass is 267 g/mol. The van der Waals surface area contributed by atoms with E-state index in [-0.39, 0.29) is 0 Å². The summed E-state index contributed by atoms with van der Waals surface area (Å²) in [6, 6.07) is 7.80. The van der Waals surface area contributed by atoms with Gasteiger partial charge in [0, 0.05) is 13.2 Å². The van der Waals surface area contributed by atoms with Crippen molar-refractivity contribution in [3.8, 4) is 5.75 Å². The third-order valence-electron chi connectivity index (χ3n) is 2.45. The molecule has 108 valence electrons. The number of ether oxygens (including phenoxy) is 3. The maximum atomic E-state index is 5.57. The summed E-state index contributed by atoms with van der Waals surface area (Å²) in [5.41, 5.74) is 6.64. The van der Waals surface area contributed by atoms with Crippen molar-refractivity contribution in [1.82, 2.24) is 0 Å². The van der Waals surface area contributed by atoms with Crippen LogP contribution in [0.5, 0.6) is 5.75 Å². The molecule has 0 radical (unpaired) electrons. The second-order valence-electron chi connectivity index (χ2n) is 4.78. The van der Waals surface area contributed by atoms with Crippen molar-refractivity contribution in [3.63, 3.8) is 0 Å². The van der Waals surface area contributed by atoms with Crippen LogP contribution in [0.4, 0.5) is 0 Å². The highest BCUT2D eigenvalue weighted by molar-refractivity contribution is 5.28. The zero-order chi connectivity index (χ0) is 13.9. The molecular weight excluding hydrogens is 242 g/mol. The van der Waals surface area contributed by atoms with Gasteiger partial charge >= 0.3 is 0 Å². The van der Waals surface area contributed by atoms with Gasteiger partial charge in [0.25, 0.3) is 0 Å².